The number of nitrogens with zero attached hydrogens (tertiary/aromatic N) is 3. The summed E-state index contributed by atoms with van der Waals surface area (Å²) in [6, 6.07) is 5.38. The number of nitrogens with one attached hydrogen (secondary N) is 1. The Morgan fingerprint density at radius 1 is 1.29 bits per heavy atom. The molecule has 0 unspecified atom stereocenters. The van der Waals surface area contributed by atoms with Crippen LogP contribution in [0.2, 0.25) is 0 Å². The van der Waals surface area contributed by atoms with Gasteiger partial charge in [-0.15, -0.1) is 5.10 Å². The van der Waals surface area contributed by atoms with Crippen molar-refractivity contribution >= 4 is 17.9 Å². The molecule has 110 valence electrons. The largest absolute Gasteiger partial charge is 0.493 e. The van der Waals surface area contributed by atoms with Crippen molar-refractivity contribution in [3.8, 4) is 11.5 Å². The van der Waals surface area contributed by atoms with Crippen LogP contribution in [0.5, 0.6) is 11.5 Å². The average Bonchev–Trinajstić information content (AvgIpc) is 2.93. The second-order valence-corrected chi connectivity index (χ2v) is 3.88. The molecule has 21 heavy (non-hydrogen) atoms. The zero-order valence-electron chi connectivity index (χ0n) is 11.5. The number of nitrogen functional groups attached to an aromatic ring is 1. The van der Waals surface area contributed by atoms with Gasteiger partial charge < -0.3 is 20.9 Å². The molecule has 2 rings (SSSR count). The second kappa shape index (κ2) is 6.37. The predicted octanol–water partition coefficient (Wildman–Crippen LogP) is -1.51. The fraction of sp³-hybridized carbons (Fsp3) is 0.167. The summed E-state index contributed by atoms with van der Waals surface area (Å²) in [6.45, 7) is 0. The summed E-state index contributed by atoms with van der Waals surface area (Å²) < 4.78 is 14.8. The molecule has 0 aliphatic heterocycles. The van der Waals surface area contributed by atoms with E-state index in [0.29, 0.717) is 11.5 Å². The first-order chi connectivity index (χ1) is 10.2. The first kappa shape index (κ1) is 14.3. The van der Waals surface area contributed by atoms with Gasteiger partial charge in [-0.05, 0) is 28.5 Å². The number of anilines is 1. The number of aromatic nitrogens is 2. The van der Waals surface area contributed by atoms with Crippen LogP contribution in [0, 0.1) is 0 Å². The maximum absolute atomic E-state index is 5.69. The van der Waals surface area contributed by atoms with E-state index in [9.17, 15) is 0 Å². The van der Waals surface area contributed by atoms with Gasteiger partial charge in [-0.2, -0.15) is 0 Å². The fourth-order valence-electron chi connectivity index (χ4n) is 1.55. The van der Waals surface area contributed by atoms with Crippen molar-refractivity contribution in [1.82, 2.24) is 10.3 Å². The molecule has 0 bridgehead atoms. The van der Waals surface area contributed by atoms with Gasteiger partial charge in [0.05, 0.1) is 14.2 Å². The van der Waals surface area contributed by atoms with E-state index in [-0.39, 0.29) is 17.3 Å². The van der Waals surface area contributed by atoms with Crippen LogP contribution >= 0.6 is 0 Å². The molecule has 0 saturated carbocycles. The van der Waals surface area contributed by atoms with Crippen LogP contribution in [0.4, 0.5) is 5.82 Å². The van der Waals surface area contributed by atoms with Gasteiger partial charge in [0, 0.05) is 10.7 Å². The fourth-order valence-corrected chi connectivity index (χ4v) is 1.55. The third kappa shape index (κ3) is 3.26. The molecule has 0 aliphatic carbocycles. The molecular weight excluding hydrogens is 276 g/mol. The van der Waals surface area contributed by atoms with E-state index in [2.05, 4.69) is 25.1 Å². The third-order valence-corrected chi connectivity index (χ3v) is 2.58. The van der Waals surface area contributed by atoms with Crippen LogP contribution in [0.1, 0.15) is 11.3 Å². The molecule has 1 heterocycles. The van der Waals surface area contributed by atoms with E-state index >= 15 is 0 Å². The summed E-state index contributed by atoms with van der Waals surface area (Å²) in [5, 5.41) is 13.5. The lowest BCUT2D eigenvalue weighted by Gasteiger charge is -2.06. The van der Waals surface area contributed by atoms with Gasteiger partial charge in [-0.1, -0.05) is 0 Å². The molecular formula is C12H15N6O3+. The van der Waals surface area contributed by atoms with Gasteiger partial charge in [-0.25, -0.2) is 4.63 Å². The minimum atomic E-state index is 0.0606. The van der Waals surface area contributed by atoms with Crippen LogP contribution in [-0.4, -0.2) is 36.6 Å². The second-order valence-electron chi connectivity index (χ2n) is 3.88. The number of benzene rings is 1. The van der Waals surface area contributed by atoms with Crippen molar-refractivity contribution in [2.75, 3.05) is 20.0 Å². The summed E-state index contributed by atoms with van der Waals surface area (Å²) in [6.07, 6.45) is 1.62. The Hall–Kier alpha value is -3.10. The molecule has 9 heteroatoms. The zero-order chi connectivity index (χ0) is 15.2. The molecule has 9 nitrogen and oxygen atoms in total. The Morgan fingerprint density at radius 3 is 2.67 bits per heavy atom. The van der Waals surface area contributed by atoms with E-state index < -0.39 is 0 Å². The maximum atomic E-state index is 5.69. The third-order valence-electron chi connectivity index (χ3n) is 2.58. The molecule has 0 amide bonds. The Balaban J connectivity index is 2.16. The number of rotatable bonds is 5. The topological polar surface area (TPSA) is 136 Å². The molecule has 0 radical (unpaired) electrons. The molecule has 5 N–H and O–H groups in total. The first-order valence-electron chi connectivity index (χ1n) is 5.88. The van der Waals surface area contributed by atoms with Gasteiger partial charge in [0.2, 0.25) is 12.1 Å². The lowest BCUT2D eigenvalue weighted by molar-refractivity contribution is -0.456. The number of nitrogens with two attached hydrogens (primary N) is 2. The van der Waals surface area contributed by atoms with Crippen LogP contribution < -0.4 is 26.0 Å². The van der Waals surface area contributed by atoms with Gasteiger partial charge in [0.1, 0.15) is 0 Å². The Labute approximate surface area is 120 Å². The van der Waals surface area contributed by atoms with Crippen molar-refractivity contribution in [2.24, 2.45) is 10.8 Å². The highest BCUT2D eigenvalue weighted by atomic mass is 16.6. The van der Waals surface area contributed by atoms with E-state index in [0.717, 1.165) is 5.56 Å². The van der Waals surface area contributed by atoms with Crippen molar-refractivity contribution in [2.45, 2.75) is 0 Å². The van der Waals surface area contributed by atoms with E-state index in [4.69, 9.17) is 20.9 Å². The number of hydrogen-bond acceptors (Lipinski definition) is 7. The number of hydrazone groups is 1. The quantitative estimate of drug-likeness (QED) is 0.346. The van der Waals surface area contributed by atoms with Crippen molar-refractivity contribution in [1.29, 1.82) is 0 Å². The van der Waals surface area contributed by atoms with Crippen molar-refractivity contribution in [3.05, 3.63) is 29.5 Å². The van der Waals surface area contributed by atoms with Gasteiger partial charge in [-0.3, -0.25) is 0 Å². The molecule has 0 spiro atoms. The lowest BCUT2D eigenvalue weighted by atomic mass is 10.2. The molecule has 0 fully saturated rings. The average molecular weight is 291 g/mol. The number of hydrogen-bond donors (Lipinski definition) is 3. The van der Waals surface area contributed by atoms with Crippen LogP contribution in [0.3, 0.4) is 0 Å². The normalized spacial score (nSPS) is 11.8. The highest BCUT2D eigenvalue weighted by Crippen LogP contribution is 2.26. The predicted molar refractivity (Wildman–Crippen MR) is 75.1 cm³/mol. The van der Waals surface area contributed by atoms with Gasteiger partial charge in [0.15, 0.2) is 23.0 Å². The van der Waals surface area contributed by atoms with Crippen LogP contribution in [-0.2, 0) is 0 Å². The molecule has 0 atom stereocenters. The standard InChI is InChI=1S/C12H14N6O3/c1-19-8-4-3-7(5-9(8)20-2)6-15-16-11(13)10-12(14)18-21-17-10/h3-6H,1-2H3,(H2,13,16)(H2,14,18)/p+1. The van der Waals surface area contributed by atoms with E-state index in [1.807, 2.05) is 6.07 Å². The highest BCUT2D eigenvalue weighted by Gasteiger charge is 2.12. The van der Waals surface area contributed by atoms with Crippen LogP contribution in [0.15, 0.2) is 27.9 Å². The highest BCUT2D eigenvalue weighted by molar-refractivity contribution is 5.98. The van der Waals surface area contributed by atoms with E-state index in [1.54, 1.807) is 32.6 Å². The minimum Gasteiger partial charge on any atom is -0.493 e. The summed E-state index contributed by atoms with van der Waals surface area (Å²) >= 11 is 0. The minimum absolute atomic E-state index is 0.0606. The number of methoxy groups -OCH3 is 2. The Morgan fingerprint density at radius 2 is 2.05 bits per heavy atom. The SMILES string of the molecule is COc1ccc(C=[NH+]N=C(N)c2nonc2N)cc1OC. The molecule has 0 saturated heterocycles. The molecule has 1 aromatic heterocycles. The molecule has 1 aromatic carbocycles. The zero-order valence-corrected chi connectivity index (χ0v) is 11.5. The molecule has 2 aromatic rings. The summed E-state index contributed by atoms with van der Waals surface area (Å²) in [4.78, 5) is 0. The summed E-state index contributed by atoms with van der Waals surface area (Å²) in [5.41, 5.74) is 12.2. The monoisotopic (exact) mass is 291 g/mol. The first-order valence-corrected chi connectivity index (χ1v) is 5.88. The number of ether oxygens (including phenoxy) is 2. The van der Waals surface area contributed by atoms with Gasteiger partial charge >= 0.3 is 0 Å². The summed E-state index contributed by atoms with van der Waals surface area (Å²) in [7, 11) is 3.13. The Bertz CT molecular complexity index is 679. The lowest BCUT2D eigenvalue weighted by Crippen LogP contribution is -2.63. The maximum Gasteiger partial charge on any atom is 0.224 e. The smallest absolute Gasteiger partial charge is 0.224 e. The Kier molecular flexibility index (Phi) is 4.34. The van der Waals surface area contributed by atoms with Gasteiger partial charge in [0.25, 0.3) is 0 Å². The van der Waals surface area contributed by atoms with E-state index in [1.165, 1.54) is 0 Å². The van der Waals surface area contributed by atoms with Crippen molar-refractivity contribution in [3.63, 3.8) is 0 Å². The molecule has 0 aliphatic rings. The van der Waals surface area contributed by atoms with Crippen molar-refractivity contribution < 1.29 is 19.2 Å². The number of amidine groups is 1. The van der Waals surface area contributed by atoms with Crippen LogP contribution in [0.25, 0.3) is 0 Å². The summed E-state index contributed by atoms with van der Waals surface area (Å²) in [5.74, 6) is 1.38.